The Morgan fingerprint density at radius 3 is 2.88 bits per heavy atom. The molecule has 0 aliphatic carbocycles. The van der Waals surface area contributed by atoms with Gasteiger partial charge in [0.05, 0.1) is 26.9 Å². The van der Waals surface area contributed by atoms with Crippen molar-refractivity contribution in [3.05, 3.63) is 24.3 Å². The minimum Gasteiger partial charge on any atom is -0.467 e. The van der Waals surface area contributed by atoms with Gasteiger partial charge in [-0.25, -0.2) is 0 Å². The van der Waals surface area contributed by atoms with Crippen molar-refractivity contribution in [2.75, 3.05) is 38.3 Å². The molecule has 0 aromatic carbocycles. The van der Waals surface area contributed by atoms with Gasteiger partial charge in [0.2, 0.25) is 11.9 Å². The fraction of sp³-hybridized carbons (Fsp3) is 0.500. The number of hydrogen-bond acceptors (Lipinski definition) is 8. The molecule has 1 fully saturated rings. The molecule has 2 aromatic rings. The first-order valence-corrected chi connectivity index (χ1v) is 7.60. The van der Waals surface area contributed by atoms with Crippen LogP contribution < -0.4 is 15.0 Å². The number of nitrogens with zero attached hydrogens (tertiary/aromatic N) is 6. The molecule has 1 amide bonds. The number of carbonyl (C=O) groups is 1. The summed E-state index contributed by atoms with van der Waals surface area (Å²) in [5, 5.41) is 6.76. The van der Waals surface area contributed by atoms with Gasteiger partial charge in [-0.3, -0.25) is 9.48 Å². The average molecular weight is 333 g/mol. The van der Waals surface area contributed by atoms with Crippen molar-refractivity contribution in [3.63, 3.8) is 0 Å². The van der Waals surface area contributed by atoms with Crippen LogP contribution in [0.4, 0.5) is 5.95 Å². The Hall–Kier alpha value is -2.75. The summed E-state index contributed by atoms with van der Waals surface area (Å²) in [5.74, 6) is 0.796. The predicted molar refractivity (Wildman–Crippen MR) is 83.5 cm³/mol. The van der Waals surface area contributed by atoms with E-state index in [0.29, 0.717) is 38.1 Å². The van der Waals surface area contributed by atoms with E-state index in [0.717, 1.165) is 0 Å². The highest BCUT2D eigenvalue weighted by Gasteiger charge is 2.17. The summed E-state index contributed by atoms with van der Waals surface area (Å²) in [6.45, 7) is 3.01. The van der Waals surface area contributed by atoms with Crippen molar-refractivity contribution in [2.24, 2.45) is 0 Å². The van der Waals surface area contributed by atoms with Crippen molar-refractivity contribution >= 4 is 11.9 Å². The first-order valence-electron chi connectivity index (χ1n) is 7.60. The highest BCUT2D eigenvalue weighted by molar-refractivity contribution is 5.75. The van der Waals surface area contributed by atoms with Gasteiger partial charge in [-0.2, -0.15) is 20.1 Å². The monoisotopic (exact) mass is 333 g/mol. The molecule has 0 atom stereocenters. The van der Waals surface area contributed by atoms with Gasteiger partial charge in [-0.05, 0) is 6.07 Å². The predicted octanol–water partition coefficient (Wildman–Crippen LogP) is -0.770. The number of hydrogen-bond donors (Lipinski definition) is 1. The van der Waals surface area contributed by atoms with Gasteiger partial charge in [0, 0.05) is 25.5 Å². The smallest absolute Gasteiger partial charge is 0.321 e. The third-order valence-corrected chi connectivity index (χ3v) is 3.43. The Morgan fingerprint density at radius 2 is 2.17 bits per heavy atom. The molecular weight excluding hydrogens is 314 g/mol. The van der Waals surface area contributed by atoms with Crippen LogP contribution in [0.25, 0.3) is 0 Å². The second kappa shape index (κ2) is 7.68. The number of morpholine rings is 1. The lowest BCUT2D eigenvalue weighted by Gasteiger charge is -2.26. The average Bonchev–Trinajstić information content (AvgIpc) is 3.13. The van der Waals surface area contributed by atoms with E-state index in [1.807, 2.05) is 4.90 Å². The van der Waals surface area contributed by atoms with Gasteiger partial charge >= 0.3 is 6.01 Å². The normalized spacial score (nSPS) is 14.5. The largest absolute Gasteiger partial charge is 0.467 e. The number of aromatic nitrogens is 5. The molecule has 3 rings (SSSR count). The maximum absolute atomic E-state index is 11.9. The Labute approximate surface area is 138 Å². The zero-order valence-corrected chi connectivity index (χ0v) is 13.4. The van der Waals surface area contributed by atoms with Crippen molar-refractivity contribution < 1.29 is 14.3 Å². The zero-order valence-electron chi connectivity index (χ0n) is 13.4. The Balaban J connectivity index is 1.64. The molecule has 0 saturated carbocycles. The fourth-order valence-electron chi connectivity index (χ4n) is 2.24. The molecule has 1 aliphatic heterocycles. The topological polar surface area (TPSA) is 107 Å². The van der Waals surface area contributed by atoms with Crippen LogP contribution in [-0.2, 0) is 22.6 Å². The molecule has 128 valence electrons. The highest BCUT2D eigenvalue weighted by atomic mass is 16.5. The second-order valence-electron chi connectivity index (χ2n) is 5.12. The molecule has 1 N–H and O–H groups in total. The van der Waals surface area contributed by atoms with Crippen molar-refractivity contribution in [1.82, 2.24) is 30.0 Å². The summed E-state index contributed by atoms with van der Waals surface area (Å²) < 4.78 is 12.0. The SMILES string of the molecule is COc1nc(CNC(=O)Cn2cccn2)nc(N2CCOCC2)n1. The van der Waals surface area contributed by atoms with Crippen LogP contribution in [0.2, 0.25) is 0 Å². The number of anilines is 1. The number of amides is 1. The van der Waals surface area contributed by atoms with Gasteiger partial charge in [0.15, 0.2) is 5.82 Å². The summed E-state index contributed by atoms with van der Waals surface area (Å²) in [6, 6.07) is 1.99. The van der Waals surface area contributed by atoms with Crippen LogP contribution in [0, 0.1) is 0 Å². The van der Waals surface area contributed by atoms with Crippen LogP contribution >= 0.6 is 0 Å². The lowest BCUT2D eigenvalue weighted by Crippen LogP contribution is -2.38. The molecule has 0 bridgehead atoms. The third-order valence-electron chi connectivity index (χ3n) is 3.43. The third kappa shape index (κ3) is 4.16. The van der Waals surface area contributed by atoms with Crippen LogP contribution in [0.1, 0.15) is 5.82 Å². The van der Waals surface area contributed by atoms with Crippen LogP contribution in [0.3, 0.4) is 0 Å². The van der Waals surface area contributed by atoms with E-state index in [4.69, 9.17) is 9.47 Å². The van der Waals surface area contributed by atoms with Crippen molar-refractivity contribution in [2.45, 2.75) is 13.1 Å². The van der Waals surface area contributed by atoms with Crippen LogP contribution in [0.5, 0.6) is 6.01 Å². The summed E-state index contributed by atoms with van der Waals surface area (Å²) in [7, 11) is 1.50. The summed E-state index contributed by atoms with van der Waals surface area (Å²) in [5.41, 5.74) is 0. The first kappa shape index (κ1) is 16.1. The molecule has 1 saturated heterocycles. The molecule has 1 aliphatic rings. The van der Waals surface area contributed by atoms with Crippen molar-refractivity contribution in [3.8, 4) is 6.01 Å². The van der Waals surface area contributed by atoms with E-state index in [1.54, 1.807) is 23.1 Å². The van der Waals surface area contributed by atoms with Gasteiger partial charge in [-0.1, -0.05) is 0 Å². The van der Waals surface area contributed by atoms with E-state index < -0.39 is 0 Å². The minimum absolute atomic E-state index is 0.144. The van der Waals surface area contributed by atoms with Crippen molar-refractivity contribution in [1.29, 1.82) is 0 Å². The summed E-state index contributed by atoms with van der Waals surface area (Å²) in [4.78, 5) is 26.8. The fourth-order valence-corrected chi connectivity index (χ4v) is 2.24. The Morgan fingerprint density at radius 1 is 1.33 bits per heavy atom. The lowest BCUT2D eigenvalue weighted by atomic mass is 10.4. The van der Waals surface area contributed by atoms with E-state index in [-0.39, 0.29) is 25.0 Å². The van der Waals surface area contributed by atoms with E-state index in [2.05, 4.69) is 25.4 Å². The minimum atomic E-state index is -0.175. The highest BCUT2D eigenvalue weighted by Crippen LogP contribution is 2.13. The number of ether oxygens (including phenoxy) is 2. The number of methoxy groups -OCH3 is 1. The number of rotatable bonds is 6. The molecule has 10 nitrogen and oxygen atoms in total. The molecule has 3 heterocycles. The van der Waals surface area contributed by atoms with E-state index >= 15 is 0 Å². The zero-order chi connectivity index (χ0) is 16.8. The maximum atomic E-state index is 11.9. The van der Waals surface area contributed by atoms with Gasteiger partial charge < -0.3 is 19.7 Å². The lowest BCUT2D eigenvalue weighted by molar-refractivity contribution is -0.122. The number of carbonyl (C=O) groups excluding carboxylic acids is 1. The van der Waals surface area contributed by atoms with E-state index in [1.165, 1.54) is 7.11 Å². The van der Waals surface area contributed by atoms with E-state index in [9.17, 15) is 4.79 Å². The molecule has 0 radical (unpaired) electrons. The van der Waals surface area contributed by atoms with Crippen LogP contribution in [-0.4, -0.2) is 64.1 Å². The molecule has 24 heavy (non-hydrogen) atoms. The van der Waals surface area contributed by atoms with Crippen LogP contribution in [0.15, 0.2) is 18.5 Å². The quantitative estimate of drug-likeness (QED) is 0.734. The second-order valence-corrected chi connectivity index (χ2v) is 5.12. The standard InChI is InChI=1S/C14H19N7O3/c1-23-14-18-11(9-15-12(22)10-21-4-2-3-16-21)17-13(19-14)20-5-7-24-8-6-20/h2-4H,5-10H2,1H3,(H,15,22). The Kier molecular flexibility index (Phi) is 5.16. The molecular formula is C14H19N7O3. The van der Waals surface area contributed by atoms with Gasteiger partial charge in [0.25, 0.3) is 0 Å². The summed E-state index contributed by atoms with van der Waals surface area (Å²) in [6.07, 6.45) is 3.35. The summed E-state index contributed by atoms with van der Waals surface area (Å²) >= 11 is 0. The number of nitrogens with one attached hydrogen (secondary N) is 1. The first-order chi connectivity index (χ1) is 11.7. The molecule has 0 unspecified atom stereocenters. The maximum Gasteiger partial charge on any atom is 0.321 e. The molecule has 10 heteroatoms. The molecule has 2 aromatic heterocycles. The van der Waals surface area contributed by atoms with Gasteiger partial charge in [-0.15, -0.1) is 0 Å². The Bertz CT molecular complexity index is 671. The van der Waals surface area contributed by atoms with Gasteiger partial charge in [0.1, 0.15) is 6.54 Å². The molecule has 0 spiro atoms.